The molecule has 162 valence electrons. The van der Waals surface area contributed by atoms with Crippen LogP contribution in [0.2, 0.25) is 0 Å². The lowest BCUT2D eigenvalue weighted by molar-refractivity contribution is 0.0392. The summed E-state index contributed by atoms with van der Waals surface area (Å²) in [5.41, 5.74) is 2.27. The van der Waals surface area contributed by atoms with Crippen LogP contribution >= 0.6 is 0 Å². The third-order valence-electron chi connectivity index (χ3n) is 5.59. The fourth-order valence-electron chi connectivity index (χ4n) is 3.62. The number of nitrogens with one attached hydrogen (secondary N) is 1. The zero-order valence-corrected chi connectivity index (χ0v) is 17.9. The van der Waals surface area contributed by atoms with Gasteiger partial charge in [-0.15, -0.1) is 0 Å². The number of benzene rings is 2. The summed E-state index contributed by atoms with van der Waals surface area (Å²) in [5, 5.41) is 12.9. The number of rotatable bonds is 9. The highest BCUT2D eigenvalue weighted by Crippen LogP contribution is 2.19. The highest BCUT2D eigenvalue weighted by atomic mass is 16.5. The smallest absolute Gasteiger partial charge is 0.255 e. The Hall–Kier alpha value is -2.57. The van der Waals surface area contributed by atoms with Crippen LogP contribution in [-0.2, 0) is 17.7 Å². The van der Waals surface area contributed by atoms with Crippen LogP contribution in [0.3, 0.4) is 0 Å². The van der Waals surface area contributed by atoms with Gasteiger partial charge in [0.15, 0.2) is 0 Å². The summed E-state index contributed by atoms with van der Waals surface area (Å²) in [6, 6.07) is 13.4. The summed E-state index contributed by atoms with van der Waals surface area (Å²) in [7, 11) is 2.13. The normalized spacial score (nSPS) is 14.6. The lowest BCUT2D eigenvalue weighted by Crippen LogP contribution is -2.38. The van der Waals surface area contributed by atoms with Crippen molar-refractivity contribution in [1.82, 2.24) is 10.2 Å². The van der Waals surface area contributed by atoms with Crippen molar-refractivity contribution in [3.63, 3.8) is 0 Å². The van der Waals surface area contributed by atoms with E-state index in [9.17, 15) is 9.90 Å². The molecule has 1 amide bonds. The number of ether oxygens (including phenoxy) is 2. The van der Waals surface area contributed by atoms with Gasteiger partial charge in [-0.3, -0.25) is 9.69 Å². The molecular formula is C24H32N2O4. The Bertz CT molecular complexity index is 834. The topological polar surface area (TPSA) is 71.0 Å². The van der Waals surface area contributed by atoms with Gasteiger partial charge in [0.05, 0.1) is 5.56 Å². The van der Waals surface area contributed by atoms with Crippen LogP contribution < -0.4 is 10.1 Å². The Morgan fingerprint density at radius 3 is 2.77 bits per heavy atom. The van der Waals surface area contributed by atoms with Gasteiger partial charge in [-0.2, -0.15) is 0 Å². The second-order valence-corrected chi connectivity index (χ2v) is 7.71. The summed E-state index contributed by atoms with van der Waals surface area (Å²) in [5.74, 6) is 0.501. The molecule has 0 bridgehead atoms. The fourth-order valence-corrected chi connectivity index (χ4v) is 3.62. The van der Waals surface area contributed by atoms with Gasteiger partial charge < -0.3 is 19.9 Å². The van der Waals surface area contributed by atoms with E-state index in [1.807, 2.05) is 37.3 Å². The third kappa shape index (κ3) is 6.21. The molecule has 1 fully saturated rings. The number of phenolic OH excluding ortho intramolecular Hbond substituents is 1. The van der Waals surface area contributed by atoms with E-state index in [1.54, 1.807) is 12.1 Å². The number of aromatic hydroxyl groups is 1. The molecule has 3 rings (SSSR count). The third-order valence-corrected chi connectivity index (χ3v) is 5.59. The largest absolute Gasteiger partial charge is 0.507 e. The summed E-state index contributed by atoms with van der Waals surface area (Å²) >= 11 is 0. The standard InChI is InChI=1S/C24H32N2O4/c1-3-18-7-8-23(27)22(16-18)24(28)25-17-19-5-4-6-21(15-19)30-14-11-26(2)20-9-12-29-13-10-20/h4-8,15-16,20,27H,3,9-14,17H2,1-2H3,(H,25,28). The number of hydrogen-bond donors (Lipinski definition) is 2. The maximum absolute atomic E-state index is 12.5. The van der Waals surface area contributed by atoms with Gasteiger partial charge >= 0.3 is 0 Å². The van der Waals surface area contributed by atoms with E-state index in [2.05, 4.69) is 17.3 Å². The molecule has 6 nitrogen and oxygen atoms in total. The molecule has 1 saturated heterocycles. The van der Waals surface area contributed by atoms with Gasteiger partial charge in [0.2, 0.25) is 0 Å². The van der Waals surface area contributed by atoms with E-state index in [0.717, 1.165) is 55.9 Å². The molecule has 1 aliphatic heterocycles. The van der Waals surface area contributed by atoms with E-state index in [-0.39, 0.29) is 11.7 Å². The molecule has 2 aromatic rings. The van der Waals surface area contributed by atoms with Gasteiger partial charge in [-0.1, -0.05) is 25.1 Å². The number of likely N-dealkylation sites (N-methyl/N-ethyl adjacent to an activating group) is 1. The van der Waals surface area contributed by atoms with Crippen molar-refractivity contribution in [3.05, 3.63) is 59.2 Å². The SMILES string of the molecule is CCc1ccc(O)c(C(=O)NCc2cccc(OCCN(C)C3CCOCC3)c2)c1. The molecule has 0 spiro atoms. The van der Waals surface area contributed by atoms with Crippen LogP contribution in [0.15, 0.2) is 42.5 Å². The first-order chi connectivity index (χ1) is 14.6. The zero-order valence-electron chi connectivity index (χ0n) is 17.9. The second-order valence-electron chi connectivity index (χ2n) is 7.71. The number of nitrogens with zero attached hydrogens (tertiary/aromatic N) is 1. The van der Waals surface area contributed by atoms with Crippen molar-refractivity contribution in [2.75, 3.05) is 33.4 Å². The van der Waals surface area contributed by atoms with Crippen molar-refractivity contribution < 1.29 is 19.4 Å². The van der Waals surface area contributed by atoms with E-state index in [4.69, 9.17) is 9.47 Å². The number of carbonyl (C=O) groups excluding carboxylic acids is 1. The summed E-state index contributed by atoms with van der Waals surface area (Å²) in [4.78, 5) is 14.8. The molecule has 1 heterocycles. The molecule has 0 aliphatic carbocycles. The minimum Gasteiger partial charge on any atom is -0.507 e. The van der Waals surface area contributed by atoms with E-state index >= 15 is 0 Å². The lowest BCUT2D eigenvalue weighted by atomic mass is 10.1. The van der Waals surface area contributed by atoms with Gasteiger partial charge in [-0.05, 0) is 61.7 Å². The van der Waals surface area contributed by atoms with Crippen LogP contribution in [0.4, 0.5) is 0 Å². The van der Waals surface area contributed by atoms with E-state index < -0.39 is 0 Å². The Kier molecular flexibility index (Phi) is 8.11. The zero-order chi connectivity index (χ0) is 21.3. The van der Waals surface area contributed by atoms with Crippen LogP contribution in [0.5, 0.6) is 11.5 Å². The van der Waals surface area contributed by atoms with Gasteiger partial charge in [0, 0.05) is 32.3 Å². The van der Waals surface area contributed by atoms with Crippen LogP contribution in [-0.4, -0.2) is 55.4 Å². The fraction of sp³-hybridized carbons (Fsp3) is 0.458. The Labute approximate surface area is 178 Å². The van der Waals surface area contributed by atoms with Crippen molar-refractivity contribution in [3.8, 4) is 11.5 Å². The minimum atomic E-state index is -0.285. The molecule has 0 radical (unpaired) electrons. The predicted molar refractivity (Wildman–Crippen MR) is 117 cm³/mol. The van der Waals surface area contributed by atoms with Crippen LogP contribution in [0, 0.1) is 0 Å². The molecule has 2 aromatic carbocycles. The predicted octanol–water partition coefficient (Wildman–Crippen LogP) is 3.37. The molecule has 6 heteroatoms. The van der Waals surface area contributed by atoms with Gasteiger partial charge in [0.1, 0.15) is 18.1 Å². The van der Waals surface area contributed by atoms with Crippen molar-refractivity contribution in [2.24, 2.45) is 0 Å². The highest BCUT2D eigenvalue weighted by Gasteiger charge is 2.18. The van der Waals surface area contributed by atoms with Crippen LogP contribution in [0.1, 0.15) is 41.3 Å². The molecular weight excluding hydrogens is 380 g/mol. The Morgan fingerprint density at radius 2 is 2.00 bits per heavy atom. The molecule has 0 unspecified atom stereocenters. The monoisotopic (exact) mass is 412 g/mol. The summed E-state index contributed by atoms with van der Waals surface area (Å²) in [6.45, 7) is 5.53. The average molecular weight is 413 g/mol. The molecule has 1 aliphatic rings. The summed E-state index contributed by atoms with van der Waals surface area (Å²) < 4.78 is 11.3. The Balaban J connectivity index is 1.48. The number of aryl methyl sites for hydroxylation is 1. The van der Waals surface area contributed by atoms with Crippen molar-refractivity contribution in [1.29, 1.82) is 0 Å². The van der Waals surface area contributed by atoms with Crippen molar-refractivity contribution >= 4 is 5.91 Å². The molecule has 30 heavy (non-hydrogen) atoms. The Morgan fingerprint density at radius 1 is 1.20 bits per heavy atom. The molecule has 0 saturated carbocycles. The maximum atomic E-state index is 12.5. The van der Waals surface area contributed by atoms with Crippen molar-refractivity contribution in [2.45, 2.75) is 38.8 Å². The minimum absolute atomic E-state index is 0.00423. The van der Waals surface area contributed by atoms with Gasteiger partial charge in [0.25, 0.3) is 5.91 Å². The number of carbonyl (C=O) groups is 1. The van der Waals surface area contributed by atoms with E-state index in [1.165, 1.54) is 0 Å². The first kappa shape index (κ1) is 22.1. The first-order valence-corrected chi connectivity index (χ1v) is 10.7. The lowest BCUT2D eigenvalue weighted by Gasteiger charge is -2.31. The number of phenols is 1. The molecule has 0 aromatic heterocycles. The number of hydrogen-bond acceptors (Lipinski definition) is 5. The van der Waals surface area contributed by atoms with E-state index in [0.29, 0.717) is 24.8 Å². The first-order valence-electron chi connectivity index (χ1n) is 10.7. The number of amides is 1. The van der Waals surface area contributed by atoms with Crippen LogP contribution in [0.25, 0.3) is 0 Å². The maximum Gasteiger partial charge on any atom is 0.255 e. The molecule has 0 atom stereocenters. The summed E-state index contributed by atoms with van der Waals surface area (Å²) in [6.07, 6.45) is 2.95. The molecule has 2 N–H and O–H groups in total. The van der Waals surface area contributed by atoms with Gasteiger partial charge in [-0.25, -0.2) is 0 Å². The highest BCUT2D eigenvalue weighted by molar-refractivity contribution is 5.96. The second kappa shape index (κ2) is 11.0. The average Bonchev–Trinajstić information content (AvgIpc) is 2.78. The quantitative estimate of drug-likeness (QED) is 0.661.